The molecular weight excluding hydrogens is 272 g/mol. The number of likely N-dealkylation sites (tertiary alicyclic amines) is 1. The molecule has 1 aliphatic heterocycles. The second-order valence-electron chi connectivity index (χ2n) is 9.04. The van der Waals surface area contributed by atoms with Crippen molar-refractivity contribution >= 4 is 5.91 Å². The fourth-order valence-corrected chi connectivity index (χ4v) is 6.73. The Bertz CT molecular complexity index is 411. The molecular formula is C19H32N2O. The van der Waals surface area contributed by atoms with Gasteiger partial charge in [-0.25, -0.2) is 0 Å². The fourth-order valence-electron chi connectivity index (χ4n) is 6.73. The van der Waals surface area contributed by atoms with Crippen LogP contribution in [-0.2, 0) is 4.79 Å². The molecule has 0 aromatic carbocycles. The minimum atomic E-state index is 0.247. The standard InChI is InChI=1S/C19H32N2O/c1-14(22)21(13-15-4-3-5-20(2)12-15)19-9-16-6-17(10-19)8-18(7-16)11-19/h15-18H,3-13H2,1-2H3. The van der Waals surface area contributed by atoms with Crippen LogP contribution in [0.15, 0.2) is 0 Å². The van der Waals surface area contributed by atoms with Gasteiger partial charge in [0.05, 0.1) is 0 Å². The van der Waals surface area contributed by atoms with E-state index in [-0.39, 0.29) is 5.54 Å². The zero-order chi connectivity index (χ0) is 15.3. The third-order valence-electron chi connectivity index (χ3n) is 7.12. The van der Waals surface area contributed by atoms with Crippen molar-refractivity contribution in [3.8, 4) is 0 Å². The van der Waals surface area contributed by atoms with E-state index in [4.69, 9.17) is 0 Å². The first-order valence-corrected chi connectivity index (χ1v) is 9.51. The van der Waals surface area contributed by atoms with Crippen molar-refractivity contribution in [2.75, 3.05) is 26.7 Å². The number of piperidine rings is 1. The number of amides is 1. The number of hydrogen-bond donors (Lipinski definition) is 0. The summed E-state index contributed by atoms with van der Waals surface area (Å²) >= 11 is 0. The summed E-state index contributed by atoms with van der Waals surface area (Å²) in [6, 6.07) is 0. The van der Waals surface area contributed by atoms with Gasteiger partial charge in [-0.3, -0.25) is 4.79 Å². The minimum Gasteiger partial charge on any atom is -0.337 e. The van der Waals surface area contributed by atoms with E-state index < -0.39 is 0 Å². The van der Waals surface area contributed by atoms with E-state index in [1.54, 1.807) is 0 Å². The van der Waals surface area contributed by atoms with Crippen molar-refractivity contribution in [1.82, 2.24) is 9.80 Å². The summed E-state index contributed by atoms with van der Waals surface area (Å²) in [5, 5.41) is 0. The summed E-state index contributed by atoms with van der Waals surface area (Å²) in [6.07, 6.45) is 10.9. The van der Waals surface area contributed by atoms with Crippen molar-refractivity contribution < 1.29 is 4.79 Å². The highest BCUT2D eigenvalue weighted by Crippen LogP contribution is 2.58. The Kier molecular flexibility index (Phi) is 3.75. The Morgan fingerprint density at radius 2 is 1.73 bits per heavy atom. The van der Waals surface area contributed by atoms with Gasteiger partial charge in [0.2, 0.25) is 5.91 Å². The molecule has 1 saturated heterocycles. The van der Waals surface area contributed by atoms with Crippen molar-refractivity contribution in [2.24, 2.45) is 23.7 Å². The van der Waals surface area contributed by atoms with Gasteiger partial charge in [-0.15, -0.1) is 0 Å². The average Bonchev–Trinajstić information content (AvgIpc) is 2.43. The summed E-state index contributed by atoms with van der Waals surface area (Å²) in [7, 11) is 2.23. The van der Waals surface area contributed by atoms with Crippen molar-refractivity contribution in [1.29, 1.82) is 0 Å². The lowest BCUT2D eigenvalue weighted by Crippen LogP contribution is -2.62. The number of nitrogens with zero attached hydrogens (tertiary/aromatic N) is 2. The van der Waals surface area contributed by atoms with Gasteiger partial charge in [0, 0.05) is 25.6 Å². The Balaban J connectivity index is 1.53. The third-order valence-corrected chi connectivity index (χ3v) is 7.12. The monoisotopic (exact) mass is 304 g/mol. The molecule has 0 spiro atoms. The van der Waals surface area contributed by atoms with E-state index in [1.165, 1.54) is 64.5 Å². The topological polar surface area (TPSA) is 23.6 Å². The SMILES string of the molecule is CC(=O)N(CC1CCCN(C)C1)C12CC3CC(CC(C3)C1)C2. The van der Waals surface area contributed by atoms with Gasteiger partial charge in [0.25, 0.3) is 0 Å². The molecule has 0 radical (unpaired) electrons. The summed E-state index contributed by atoms with van der Waals surface area (Å²) < 4.78 is 0. The van der Waals surface area contributed by atoms with E-state index in [1.807, 2.05) is 6.92 Å². The number of carbonyl (C=O) groups excluding carboxylic acids is 1. The van der Waals surface area contributed by atoms with E-state index in [9.17, 15) is 4.79 Å². The Hall–Kier alpha value is -0.570. The lowest BCUT2D eigenvalue weighted by molar-refractivity contribution is -0.150. The third kappa shape index (κ3) is 2.60. The molecule has 1 unspecified atom stereocenters. The van der Waals surface area contributed by atoms with E-state index in [2.05, 4.69) is 16.8 Å². The number of rotatable bonds is 3. The summed E-state index contributed by atoms with van der Waals surface area (Å²) in [5.74, 6) is 3.79. The molecule has 4 saturated carbocycles. The smallest absolute Gasteiger partial charge is 0.219 e. The van der Waals surface area contributed by atoms with Crippen LogP contribution < -0.4 is 0 Å². The summed E-state index contributed by atoms with van der Waals surface area (Å²) in [5.41, 5.74) is 0.247. The van der Waals surface area contributed by atoms with Gasteiger partial charge in [-0.2, -0.15) is 0 Å². The minimum absolute atomic E-state index is 0.247. The molecule has 5 fully saturated rings. The molecule has 22 heavy (non-hydrogen) atoms. The Labute approximate surface area is 135 Å². The Morgan fingerprint density at radius 1 is 1.14 bits per heavy atom. The molecule has 4 aliphatic carbocycles. The molecule has 0 aromatic rings. The molecule has 0 aromatic heterocycles. The first-order valence-electron chi connectivity index (χ1n) is 9.51. The van der Waals surface area contributed by atoms with Crippen molar-refractivity contribution in [3.63, 3.8) is 0 Å². The molecule has 124 valence electrons. The first kappa shape index (κ1) is 15.0. The molecule has 3 heteroatoms. The normalized spacial score (nSPS) is 44.3. The Morgan fingerprint density at radius 3 is 2.23 bits per heavy atom. The van der Waals surface area contributed by atoms with Crippen LogP contribution in [0.4, 0.5) is 0 Å². The van der Waals surface area contributed by atoms with Gasteiger partial charge in [0.15, 0.2) is 0 Å². The molecule has 1 atom stereocenters. The molecule has 5 rings (SSSR count). The highest BCUT2D eigenvalue weighted by atomic mass is 16.2. The molecule has 4 bridgehead atoms. The number of carbonyl (C=O) groups is 1. The van der Waals surface area contributed by atoms with Crippen LogP contribution in [0.2, 0.25) is 0 Å². The zero-order valence-corrected chi connectivity index (χ0v) is 14.4. The molecule has 1 amide bonds. The highest BCUT2D eigenvalue weighted by molar-refractivity contribution is 5.74. The van der Waals surface area contributed by atoms with Crippen LogP contribution in [0.5, 0.6) is 0 Å². The average molecular weight is 304 g/mol. The van der Waals surface area contributed by atoms with Crippen LogP contribution >= 0.6 is 0 Å². The van der Waals surface area contributed by atoms with Gasteiger partial charge < -0.3 is 9.80 Å². The van der Waals surface area contributed by atoms with E-state index in [0.717, 1.165) is 24.3 Å². The second kappa shape index (κ2) is 5.51. The lowest BCUT2D eigenvalue weighted by atomic mass is 9.52. The molecule has 1 heterocycles. The molecule has 0 N–H and O–H groups in total. The van der Waals surface area contributed by atoms with Gasteiger partial charge in [-0.1, -0.05) is 0 Å². The zero-order valence-electron chi connectivity index (χ0n) is 14.4. The van der Waals surface area contributed by atoms with E-state index in [0.29, 0.717) is 11.8 Å². The maximum atomic E-state index is 12.5. The molecule has 3 nitrogen and oxygen atoms in total. The van der Waals surface area contributed by atoms with Crippen LogP contribution in [0, 0.1) is 23.7 Å². The molecule has 5 aliphatic rings. The van der Waals surface area contributed by atoms with Crippen LogP contribution in [0.25, 0.3) is 0 Å². The lowest BCUT2D eigenvalue weighted by Gasteiger charge is -2.61. The van der Waals surface area contributed by atoms with Crippen LogP contribution in [-0.4, -0.2) is 47.9 Å². The number of hydrogen-bond acceptors (Lipinski definition) is 2. The highest BCUT2D eigenvalue weighted by Gasteiger charge is 2.54. The largest absolute Gasteiger partial charge is 0.337 e. The van der Waals surface area contributed by atoms with Gasteiger partial charge in [0.1, 0.15) is 0 Å². The van der Waals surface area contributed by atoms with Crippen molar-refractivity contribution in [3.05, 3.63) is 0 Å². The maximum Gasteiger partial charge on any atom is 0.219 e. The van der Waals surface area contributed by atoms with Crippen LogP contribution in [0.1, 0.15) is 58.3 Å². The van der Waals surface area contributed by atoms with Gasteiger partial charge in [-0.05, 0) is 88.6 Å². The fraction of sp³-hybridized carbons (Fsp3) is 0.947. The predicted molar refractivity (Wildman–Crippen MR) is 88.5 cm³/mol. The summed E-state index contributed by atoms with van der Waals surface area (Å²) in [4.78, 5) is 17.3. The predicted octanol–water partition coefficient (Wildman–Crippen LogP) is 3.15. The van der Waals surface area contributed by atoms with Gasteiger partial charge >= 0.3 is 0 Å². The quantitative estimate of drug-likeness (QED) is 0.799. The van der Waals surface area contributed by atoms with E-state index >= 15 is 0 Å². The maximum absolute atomic E-state index is 12.5. The van der Waals surface area contributed by atoms with Crippen molar-refractivity contribution in [2.45, 2.75) is 63.8 Å². The second-order valence-corrected chi connectivity index (χ2v) is 9.04. The summed E-state index contributed by atoms with van der Waals surface area (Å²) in [6.45, 7) is 5.25. The first-order chi connectivity index (χ1) is 10.5. The van der Waals surface area contributed by atoms with Crippen LogP contribution in [0.3, 0.4) is 0 Å².